The molecule has 1 aromatic heterocycles. The number of nitrogens with one attached hydrogen (secondary N) is 2. The molecule has 2 aromatic rings. The van der Waals surface area contributed by atoms with Crippen molar-refractivity contribution >= 4 is 23.5 Å². The van der Waals surface area contributed by atoms with Gasteiger partial charge in [0.15, 0.2) is 0 Å². The molecule has 2 rings (SSSR count). The van der Waals surface area contributed by atoms with E-state index in [-0.39, 0.29) is 5.82 Å². The van der Waals surface area contributed by atoms with Crippen LogP contribution in [-0.2, 0) is 0 Å². The first-order valence-electron chi connectivity index (χ1n) is 6.70. The van der Waals surface area contributed by atoms with Crippen LogP contribution < -0.4 is 15.5 Å². The van der Waals surface area contributed by atoms with Crippen molar-refractivity contribution in [3.63, 3.8) is 0 Å². The third-order valence-corrected chi connectivity index (χ3v) is 2.80. The van der Waals surface area contributed by atoms with Crippen LogP contribution in [-0.4, -0.2) is 35.6 Å². The van der Waals surface area contributed by atoms with Gasteiger partial charge in [0.2, 0.25) is 17.8 Å². The number of aromatic nitrogens is 3. The summed E-state index contributed by atoms with van der Waals surface area (Å²) in [7, 11) is 3.70. The fourth-order valence-corrected chi connectivity index (χ4v) is 1.71. The number of nitrogens with zero attached hydrogens (tertiary/aromatic N) is 4. The molecule has 6 nitrogen and oxygen atoms in total. The molecule has 0 radical (unpaired) electrons. The fourth-order valence-electron chi connectivity index (χ4n) is 1.71. The van der Waals surface area contributed by atoms with Crippen molar-refractivity contribution in [3.05, 3.63) is 29.6 Å². The highest BCUT2D eigenvalue weighted by Gasteiger charge is 2.09. The van der Waals surface area contributed by atoms with Crippen LogP contribution in [0.15, 0.2) is 18.2 Å². The van der Waals surface area contributed by atoms with Crippen molar-refractivity contribution < 1.29 is 4.39 Å². The topological polar surface area (TPSA) is 66.0 Å². The Morgan fingerprint density at radius 1 is 1.14 bits per heavy atom. The minimum atomic E-state index is -0.308. The first-order valence-corrected chi connectivity index (χ1v) is 6.70. The average Bonchev–Trinajstić information content (AvgIpc) is 2.43. The van der Waals surface area contributed by atoms with Crippen molar-refractivity contribution in [1.82, 2.24) is 15.0 Å². The maximum absolute atomic E-state index is 13.3. The maximum Gasteiger partial charge on any atom is 0.233 e. The van der Waals surface area contributed by atoms with Gasteiger partial charge in [-0.2, -0.15) is 15.0 Å². The second-order valence-electron chi connectivity index (χ2n) is 4.79. The molecule has 7 heteroatoms. The lowest BCUT2D eigenvalue weighted by Crippen LogP contribution is -2.16. The standard InChI is InChI=1S/C14H19FN6/c1-5-16-12-18-13(20-14(19-12)21(3)4)17-11-8-10(15)7-6-9(11)2/h6-8H,5H2,1-4H3,(H2,16,17,18,19,20). The average molecular weight is 290 g/mol. The quantitative estimate of drug-likeness (QED) is 0.882. The molecule has 0 fully saturated rings. The Balaban J connectivity index is 2.36. The van der Waals surface area contributed by atoms with Crippen molar-refractivity contribution in [2.45, 2.75) is 13.8 Å². The molecule has 0 saturated carbocycles. The van der Waals surface area contributed by atoms with Crippen LogP contribution >= 0.6 is 0 Å². The van der Waals surface area contributed by atoms with E-state index in [1.54, 1.807) is 11.0 Å². The lowest BCUT2D eigenvalue weighted by molar-refractivity contribution is 0.628. The van der Waals surface area contributed by atoms with Gasteiger partial charge in [0.1, 0.15) is 5.82 Å². The zero-order valence-corrected chi connectivity index (χ0v) is 12.6. The lowest BCUT2D eigenvalue weighted by Gasteiger charge is -2.14. The largest absolute Gasteiger partial charge is 0.354 e. The second kappa shape index (κ2) is 6.34. The van der Waals surface area contributed by atoms with Gasteiger partial charge in [-0.3, -0.25) is 0 Å². The molecule has 112 valence electrons. The molecular weight excluding hydrogens is 271 g/mol. The summed E-state index contributed by atoms with van der Waals surface area (Å²) in [5, 5.41) is 6.09. The van der Waals surface area contributed by atoms with Gasteiger partial charge in [-0.25, -0.2) is 4.39 Å². The Bertz CT molecular complexity index is 629. The molecule has 0 amide bonds. The molecule has 21 heavy (non-hydrogen) atoms. The fraction of sp³-hybridized carbons (Fsp3) is 0.357. The van der Waals surface area contributed by atoms with Crippen LogP contribution in [0, 0.1) is 12.7 Å². The van der Waals surface area contributed by atoms with Crippen molar-refractivity contribution in [2.75, 3.05) is 36.2 Å². The number of hydrogen-bond donors (Lipinski definition) is 2. The molecular formula is C14H19FN6. The van der Waals surface area contributed by atoms with Gasteiger partial charge in [0.25, 0.3) is 0 Å². The van der Waals surface area contributed by atoms with E-state index in [4.69, 9.17) is 0 Å². The zero-order chi connectivity index (χ0) is 15.4. The molecule has 2 N–H and O–H groups in total. The van der Waals surface area contributed by atoms with E-state index in [1.165, 1.54) is 12.1 Å². The maximum atomic E-state index is 13.3. The summed E-state index contributed by atoms with van der Waals surface area (Å²) in [5.74, 6) is 1.07. The summed E-state index contributed by atoms with van der Waals surface area (Å²) >= 11 is 0. The van der Waals surface area contributed by atoms with Crippen LogP contribution in [0.2, 0.25) is 0 Å². The third-order valence-electron chi connectivity index (χ3n) is 2.80. The van der Waals surface area contributed by atoms with E-state index in [0.29, 0.717) is 30.1 Å². The predicted molar refractivity (Wildman–Crippen MR) is 82.7 cm³/mol. The summed E-state index contributed by atoms with van der Waals surface area (Å²) in [4.78, 5) is 14.7. The first kappa shape index (κ1) is 15.0. The molecule has 0 atom stereocenters. The summed E-state index contributed by atoms with van der Waals surface area (Å²) in [6.07, 6.45) is 0. The van der Waals surface area contributed by atoms with Crippen molar-refractivity contribution in [3.8, 4) is 0 Å². The van der Waals surface area contributed by atoms with Gasteiger partial charge in [0.05, 0.1) is 0 Å². The highest BCUT2D eigenvalue weighted by Crippen LogP contribution is 2.21. The number of halogens is 1. The molecule has 0 unspecified atom stereocenters. The van der Waals surface area contributed by atoms with E-state index < -0.39 is 0 Å². The predicted octanol–water partition coefficient (Wildman–Crippen LogP) is 2.56. The summed E-state index contributed by atoms with van der Waals surface area (Å²) in [6.45, 7) is 4.55. The van der Waals surface area contributed by atoms with Gasteiger partial charge in [-0.05, 0) is 31.5 Å². The SMILES string of the molecule is CCNc1nc(Nc2cc(F)ccc2C)nc(N(C)C)n1. The van der Waals surface area contributed by atoms with Crippen LogP contribution in [0.5, 0.6) is 0 Å². The van der Waals surface area contributed by atoms with Crippen molar-refractivity contribution in [2.24, 2.45) is 0 Å². The number of benzene rings is 1. The molecule has 1 heterocycles. The summed E-state index contributed by atoms with van der Waals surface area (Å²) in [6, 6.07) is 4.54. The van der Waals surface area contributed by atoms with Gasteiger partial charge < -0.3 is 15.5 Å². The number of aryl methyl sites for hydroxylation is 1. The van der Waals surface area contributed by atoms with E-state index >= 15 is 0 Å². The molecule has 0 spiro atoms. The van der Waals surface area contributed by atoms with Crippen LogP contribution in [0.1, 0.15) is 12.5 Å². The monoisotopic (exact) mass is 290 g/mol. The van der Waals surface area contributed by atoms with Gasteiger partial charge in [-0.1, -0.05) is 6.07 Å². The van der Waals surface area contributed by atoms with Crippen LogP contribution in [0.4, 0.5) is 27.9 Å². The summed E-state index contributed by atoms with van der Waals surface area (Å²) < 4.78 is 13.3. The molecule has 0 saturated heterocycles. The first-order chi connectivity index (χ1) is 9.99. The van der Waals surface area contributed by atoms with Crippen LogP contribution in [0.25, 0.3) is 0 Å². The smallest absolute Gasteiger partial charge is 0.233 e. The highest BCUT2D eigenvalue weighted by molar-refractivity contribution is 5.59. The Labute approximate surface area is 123 Å². The normalized spacial score (nSPS) is 10.3. The van der Waals surface area contributed by atoms with E-state index in [2.05, 4.69) is 25.6 Å². The Kier molecular flexibility index (Phi) is 4.52. The minimum Gasteiger partial charge on any atom is -0.354 e. The zero-order valence-electron chi connectivity index (χ0n) is 12.6. The van der Waals surface area contributed by atoms with Gasteiger partial charge in [-0.15, -0.1) is 0 Å². The minimum absolute atomic E-state index is 0.308. The molecule has 0 bridgehead atoms. The molecule has 0 aliphatic heterocycles. The summed E-state index contributed by atoms with van der Waals surface area (Å²) in [5.41, 5.74) is 1.54. The second-order valence-corrected chi connectivity index (χ2v) is 4.79. The Morgan fingerprint density at radius 3 is 2.52 bits per heavy atom. The lowest BCUT2D eigenvalue weighted by atomic mass is 10.2. The number of rotatable bonds is 5. The number of hydrogen-bond acceptors (Lipinski definition) is 6. The Hall–Kier alpha value is -2.44. The highest BCUT2D eigenvalue weighted by atomic mass is 19.1. The van der Waals surface area contributed by atoms with E-state index in [9.17, 15) is 4.39 Å². The third kappa shape index (κ3) is 3.77. The number of anilines is 4. The molecule has 0 aliphatic carbocycles. The molecule has 0 aliphatic rings. The van der Waals surface area contributed by atoms with Crippen LogP contribution in [0.3, 0.4) is 0 Å². The van der Waals surface area contributed by atoms with E-state index in [0.717, 1.165) is 5.56 Å². The van der Waals surface area contributed by atoms with Crippen molar-refractivity contribution in [1.29, 1.82) is 0 Å². The van der Waals surface area contributed by atoms with Gasteiger partial charge in [0, 0.05) is 26.3 Å². The van der Waals surface area contributed by atoms with Gasteiger partial charge >= 0.3 is 0 Å². The Morgan fingerprint density at radius 2 is 1.86 bits per heavy atom. The molecule has 1 aromatic carbocycles. The van der Waals surface area contributed by atoms with E-state index in [1.807, 2.05) is 27.9 Å².